The quantitative estimate of drug-likeness (QED) is 0.372. The van der Waals surface area contributed by atoms with Crippen LogP contribution >= 0.6 is 11.6 Å². The van der Waals surface area contributed by atoms with E-state index in [9.17, 15) is 26.7 Å². The van der Waals surface area contributed by atoms with E-state index in [1.54, 1.807) is 25.1 Å². The molecule has 2 N–H and O–H groups in total. The van der Waals surface area contributed by atoms with E-state index in [2.05, 4.69) is 4.72 Å². The molecule has 1 aliphatic rings. The molecule has 3 atom stereocenters. The van der Waals surface area contributed by atoms with Crippen molar-refractivity contribution in [3.63, 3.8) is 0 Å². The Balaban J connectivity index is 1.76. The second-order valence-electron chi connectivity index (χ2n) is 9.96. The van der Waals surface area contributed by atoms with Crippen molar-refractivity contribution in [3.05, 3.63) is 83.4 Å². The number of aliphatic hydroxyl groups excluding tert-OH is 1. The standard InChI is InChI=1S/C28H32ClN3O7S2/c1-19-16-32(20(2)18-33)28(34)24-10-7-11-25(30-40(35,36)22-14-12-21(29)13-15-22)27(24)39-26(19)17-31(3)41(37,38)23-8-5-4-6-9-23/h4-15,19-20,26,30,33H,16-18H2,1-3H3/t19-,20+,26+/m1/s1. The number of nitrogens with zero attached hydrogens (tertiary/aromatic N) is 2. The van der Waals surface area contributed by atoms with Gasteiger partial charge >= 0.3 is 0 Å². The molecule has 3 aromatic rings. The molecule has 10 nitrogen and oxygen atoms in total. The van der Waals surface area contributed by atoms with Crippen LogP contribution < -0.4 is 9.46 Å². The molecule has 1 amide bonds. The normalized spacial score (nSPS) is 18.7. The number of ether oxygens (including phenoxy) is 1. The van der Waals surface area contributed by atoms with Crippen LogP contribution in [0.1, 0.15) is 24.2 Å². The van der Waals surface area contributed by atoms with E-state index in [0.29, 0.717) is 5.02 Å². The molecule has 41 heavy (non-hydrogen) atoms. The van der Waals surface area contributed by atoms with Crippen molar-refractivity contribution in [2.24, 2.45) is 5.92 Å². The van der Waals surface area contributed by atoms with Crippen LogP contribution in [0.25, 0.3) is 0 Å². The number of amides is 1. The second kappa shape index (κ2) is 12.4. The first-order chi connectivity index (χ1) is 19.3. The molecule has 0 saturated carbocycles. The van der Waals surface area contributed by atoms with Crippen molar-refractivity contribution in [3.8, 4) is 5.75 Å². The molecule has 0 aromatic heterocycles. The molecule has 0 radical (unpaired) electrons. The maximum absolute atomic E-state index is 13.7. The highest BCUT2D eigenvalue weighted by Crippen LogP contribution is 2.36. The third kappa shape index (κ3) is 6.68. The highest BCUT2D eigenvalue weighted by molar-refractivity contribution is 7.92. The molecule has 0 unspecified atom stereocenters. The van der Waals surface area contributed by atoms with Crippen molar-refractivity contribution in [1.29, 1.82) is 0 Å². The lowest BCUT2D eigenvalue weighted by atomic mass is 9.99. The summed E-state index contributed by atoms with van der Waals surface area (Å²) in [5, 5.41) is 10.3. The summed E-state index contributed by atoms with van der Waals surface area (Å²) in [6.45, 7) is 3.28. The van der Waals surface area contributed by atoms with Crippen molar-refractivity contribution in [1.82, 2.24) is 9.21 Å². The van der Waals surface area contributed by atoms with Gasteiger partial charge in [-0.1, -0.05) is 42.8 Å². The largest absolute Gasteiger partial charge is 0.486 e. The number of para-hydroxylation sites is 1. The van der Waals surface area contributed by atoms with Gasteiger partial charge in [0, 0.05) is 24.5 Å². The number of nitrogens with one attached hydrogen (secondary N) is 1. The molecule has 0 saturated heterocycles. The average molecular weight is 622 g/mol. The maximum atomic E-state index is 13.7. The van der Waals surface area contributed by atoms with E-state index in [-0.39, 0.29) is 46.5 Å². The summed E-state index contributed by atoms with van der Waals surface area (Å²) in [7, 11) is -6.55. The highest BCUT2D eigenvalue weighted by Gasteiger charge is 2.36. The number of likely N-dealkylation sites (N-methyl/N-ethyl adjacent to an activating group) is 1. The Bertz CT molecular complexity index is 1600. The van der Waals surface area contributed by atoms with Crippen LogP contribution in [0, 0.1) is 5.92 Å². The molecule has 220 valence electrons. The van der Waals surface area contributed by atoms with Gasteiger partial charge in [-0.05, 0) is 55.5 Å². The Labute approximate surface area is 245 Å². The van der Waals surface area contributed by atoms with Gasteiger partial charge in [0.05, 0.1) is 40.2 Å². The first-order valence-electron chi connectivity index (χ1n) is 12.9. The van der Waals surface area contributed by atoms with E-state index in [1.165, 1.54) is 70.9 Å². The van der Waals surface area contributed by atoms with E-state index in [1.807, 2.05) is 6.92 Å². The van der Waals surface area contributed by atoms with Crippen LogP contribution in [0.15, 0.2) is 82.6 Å². The molecule has 0 aliphatic carbocycles. The van der Waals surface area contributed by atoms with E-state index < -0.39 is 44.0 Å². The summed E-state index contributed by atoms with van der Waals surface area (Å²) in [5.41, 5.74) is 0.0853. The van der Waals surface area contributed by atoms with Gasteiger partial charge in [-0.25, -0.2) is 16.8 Å². The zero-order valence-corrected chi connectivity index (χ0v) is 25.2. The number of benzene rings is 3. The summed E-state index contributed by atoms with van der Waals surface area (Å²) in [5.74, 6) is -0.896. The third-order valence-electron chi connectivity index (χ3n) is 6.95. The number of hydrogen-bond acceptors (Lipinski definition) is 7. The van der Waals surface area contributed by atoms with Gasteiger partial charge in [0.1, 0.15) is 6.10 Å². The fourth-order valence-electron chi connectivity index (χ4n) is 4.48. The fourth-order valence-corrected chi connectivity index (χ4v) is 6.88. The van der Waals surface area contributed by atoms with Crippen molar-refractivity contribution in [2.75, 3.05) is 31.5 Å². The number of halogens is 1. The molecule has 4 rings (SSSR count). The smallest absolute Gasteiger partial charge is 0.262 e. The molecule has 0 spiro atoms. The lowest BCUT2D eigenvalue weighted by Crippen LogP contribution is -2.50. The van der Waals surface area contributed by atoms with Crippen molar-refractivity contribution < 1.29 is 31.5 Å². The second-order valence-corrected chi connectivity index (χ2v) is 14.1. The first-order valence-corrected chi connectivity index (χ1v) is 16.2. The molecule has 3 aromatic carbocycles. The molecule has 0 fully saturated rings. The summed E-state index contributed by atoms with van der Waals surface area (Å²) < 4.78 is 63.1. The van der Waals surface area contributed by atoms with Gasteiger partial charge < -0.3 is 14.7 Å². The van der Waals surface area contributed by atoms with Gasteiger partial charge in [0.15, 0.2) is 5.75 Å². The third-order valence-corrected chi connectivity index (χ3v) is 10.4. The predicted molar refractivity (Wildman–Crippen MR) is 156 cm³/mol. The number of aliphatic hydroxyl groups is 1. The molecule has 13 heteroatoms. The lowest BCUT2D eigenvalue weighted by Gasteiger charge is -2.38. The Hall–Kier alpha value is -3.16. The SMILES string of the molecule is C[C@@H]1CN([C@@H](C)CO)C(=O)c2cccc(NS(=O)(=O)c3ccc(Cl)cc3)c2O[C@H]1CN(C)S(=O)(=O)c1ccccc1. The van der Waals surface area contributed by atoms with E-state index in [0.717, 1.165) is 0 Å². The zero-order valence-electron chi connectivity index (χ0n) is 22.8. The number of rotatable bonds is 9. The first kappa shape index (κ1) is 30.8. The van der Waals surface area contributed by atoms with Crippen molar-refractivity contribution in [2.45, 2.75) is 35.8 Å². The molecule has 0 bridgehead atoms. The Kier molecular flexibility index (Phi) is 9.29. The zero-order chi connectivity index (χ0) is 29.9. The fraction of sp³-hybridized carbons (Fsp3) is 0.321. The minimum absolute atomic E-state index is 0.00933. The molecular weight excluding hydrogens is 590 g/mol. The Morgan fingerprint density at radius 1 is 1.02 bits per heavy atom. The minimum atomic E-state index is -4.11. The van der Waals surface area contributed by atoms with Gasteiger partial charge in [-0.2, -0.15) is 4.31 Å². The number of carbonyl (C=O) groups excluding carboxylic acids is 1. The van der Waals surface area contributed by atoms with Gasteiger partial charge in [0.2, 0.25) is 10.0 Å². The summed E-state index contributed by atoms with van der Waals surface area (Å²) in [6, 6.07) is 17.5. The Morgan fingerprint density at radius 2 is 1.68 bits per heavy atom. The summed E-state index contributed by atoms with van der Waals surface area (Å²) >= 11 is 5.92. The van der Waals surface area contributed by atoms with Gasteiger partial charge in [0.25, 0.3) is 15.9 Å². The number of carbonyl (C=O) groups is 1. The molecular formula is C28H32ClN3O7S2. The lowest BCUT2D eigenvalue weighted by molar-refractivity contribution is 0.0389. The monoisotopic (exact) mass is 621 g/mol. The van der Waals surface area contributed by atoms with Crippen LogP contribution in [0.4, 0.5) is 5.69 Å². The van der Waals surface area contributed by atoms with E-state index >= 15 is 0 Å². The number of hydrogen-bond donors (Lipinski definition) is 2. The van der Waals surface area contributed by atoms with Crippen LogP contribution in [0.5, 0.6) is 5.75 Å². The topological polar surface area (TPSA) is 133 Å². The van der Waals surface area contributed by atoms with Gasteiger partial charge in [-0.3, -0.25) is 9.52 Å². The number of sulfonamides is 2. The van der Waals surface area contributed by atoms with Crippen molar-refractivity contribution >= 4 is 43.2 Å². The van der Waals surface area contributed by atoms with Crippen LogP contribution in [0.3, 0.4) is 0 Å². The van der Waals surface area contributed by atoms with Crippen LogP contribution in [0.2, 0.25) is 5.02 Å². The molecule has 1 heterocycles. The van der Waals surface area contributed by atoms with Crippen LogP contribution in [-0.2, 0) is 20.0 Å². The summed E-state index contributed by atoms with van der Waals surface area (Å²) in [4.78, 5) is 15.2. The average Bonchev–Trinajstić information content (AvgIpc) is 2.95. The minimum Gasteiger partial charge on any atom is -0.486 e. The summed E-state index contributed by atoms with van der Waals surface area (Å²) in [6.07, 6.45) is -0.792. The predicted octanol–water partition coefficient (Wildman–Crippen LogP) is 3.68. The van der Waals surface area contributed by atoms with Gasteiger partial charge in [-0.15, -0.1) is 0 Å². The number of anilines is 1. The van der Waals surface area contributed by atoms with Crippen LogP contribution in [-0.4, -0.2) is 75.9 Å². The number of fused-ring (bicyclic) bond motifs is 1. The highest BCUT2D eigenvalue weighted by atomic mass is 35.5. The van der Waals surface area contributed by atoms with E-state index in [4.69, 9.17) is 16.3 Å². The maximum Gasteiger partial charge on any atom is 0.262 e. The Morgan fingerprint density at radius 3 is 2.32 bits per heavy atom. The molecule has 1 aliphatic heterocycles.